The molecular weight excluding hydrogens is 384 g/mol. The monoisotopic (exact) mass is 414 g/mol. The summed E-state index contributed by atoms with van der Waals surface area (Å²) in [4.78, 5) is 11.3. The topological polar surface area (TPSA) is 61.4 Å². The highest BCUT2D eigenvalue weighted by Gasteiger charge is 2.40. The Hall–Kier alpha value is -1.88. The van der Waals surface area contributed by atoms with Crippen LogP contribution in [-0.4, -0.2) is 30.6 Å². The maximum Gasteiger partial charge on any atom is 0.216 e. The highest BCUT2D eigenvalue weighted by Crippen LogP contribution is 2.44. The molecule has 4 nitrogen and oxygen atoms in total. The Labute approximate surface area is 178 Å². The van der Waals surface area contributed by atoms with Crippen LogP contribution in [0.4, 0.5) is 0 Å². The third-order valence-electron chi connectivity index (χ3n) is 5.87. The maximum atomic E-state index is 12.1. The molecule has 1 fully saturated rings. The van der Waals surface area contributed by atoms with Crippen LogP contribution in [-0.2, 0) is 10.4 Å². The maximum absolute atomic E-state index is 12.1. The van der Waals surface area contributed by atoms with E-state index in [1.54, 1.807) is 0 Å². The van der Waals surface area contributed by atoms with Gasteiger partial charge in [0.15, 0.2) is 0 Å². The summed E-state index contributed by atoms with van der Waals surface area (Å²) >= 11 is 6.68. The molecule has 3 N–H and O–H groups in total. The number of rotatable bonds is 7. The van der Waals surface area contributed by atoms with Gasteiger partial charge in [-0.3, -0.25) is 4.79 Å². The first kappa shape index (κ1) is 21.8. The number of hydrogen-bond acceptors (Lipinski definition) is 3. The van der Waals surface area contributed by atoms with E-state index >= 15 is 0 Å². The molecule has 1 aliphatic heterocycles. The molecule has 3 rings (SSSR count). The minimum Gasteiger partial charge on any atom is -0.385 e. The number of halogens is 1. The summed E-state index contributed by atoms with van der Waals surface area (Å²) in [5.41, 5.74) is 2.95. The second-order valence-corrected chi connectivity index (χ2v) is 8.49. The Morgan fingerprint density at radius 1 is 1.31 bits per heavy atom. The van der Waals surface area contributed by atoms with E-state index in [1.165, 1.54) is 6.92 Å². The molecule has 2 aromatic rings. The van der Waals surface area contributed by atoms with Crippen molar-refractivity contribution in [1.82, 2.24) is 10.6 Å². The van der Waals surface area contributed by atoms with Crippen molar-refractivity contribution in [3.05, 3.63) is 58.6 Å². The average Bonchev–Trinajstić information content (AvgIpc) is 2.71. The molecule has 2 unspecified atom stereocenters. The van der Waals surface area contributed by atoms with E-state index in [-0.39, 0.29) is 11.8 Å². The van der Waals surface area contributed by atoms with Crippen molar-refractivity contribution < 1.29 is 9.90 Å². The fraction of sp³-hybridized carbons (Fsp3) is 0.458. The van der Waals surface area contributed by atoms with E-state index in [1.807, 2.05) is 24.3 Å². The molecule has 0 aliphatic carbocycles. The van der Waals surface area contributed by atoms with Gasteiger partial charge in [-0.25, -0.2) is 0 Å². The number of amides is 1. The number of carbonyl (C=O) groups is 1. The van der Waals surface area contributed by atoms with Crippen molar-refractivity contribution in [3.63, 3.8) is 0 Å². The molecular formula is C24H31ClN2O2. The van der Waals surface area contributed by atoms with E-state index < -0.39 is 5.60 Å². The lowest BCUT2D eigenvalue weighted by Crippen LogP contribution is -2.45. The third kappa shape index (κ3) is 5.19. The number of carbonyl (C=O) groups excluding carboxylic acids is 1. The van der Waals surface area contributed by atoms with Crippen LogP contribution in [0.5, 0.6) is 0 Å². The number of nitrogens with one attached hydrogen (secondary N) is 2. The predicted molar refractivity (Wildman–Crippen MR) is 119 cm³/mol. The largest absolute Gasteiger partial charge is 0.385 e. The standard InChI is InChI=1S/C24H31ClN2O2/c1-17-7-3-8-19(15-17)23-21(10-4-11-22(23)25)24(29,12-6-14-27-18(2)28)20-9-5-13-26-16-20/h3-4,7-8,10-11,15,20,26,29H,5-6,9,12-14,16H2,1-2H3,(H,27,28). The second kappa shape index (κ2) is 9.75. The van der Waals surface area contributed by atoms with E-state index in [0.29, 0.717) is 24.4 Å². The van der Waals surface area contributed by atoms with Gasteiger partial charge >= 0.3 is 0 Å². The van der Waals surface area contributed by atoms with Crippen LogP contribution in [0.25, 0.3) is 11.1 Å². The molecule has 156 valence electrons. The summed E-state index contributed by atoms with van der Waals surface area (Å²) in [5, 5.41) is 19.0. The van der Waals surface area contributed by atoms with Crippen LogP contribution in [0, 0.1) is 12.8 Å². The van der Waals surface area contributed by atoms with Crippen molar-refractivity contribution in [1.29, 1.82) is 0 Å². The molecule has 1 saturated heterocycles. The van der Waals surface area contributed by atoms with Crippen molar-refractivity contribution in [2.75, 3.05) is 19.6 Å². The summed E-state index contributed by atoms with van der Waals surface area (Å²) in [5.74, 6) is 0.0479. The molecule has 0 saturated carbocycles. The first-order chi connectivity index (χ1) is 13.9. The van der Waals surface area contributed by atoms with Crippen LogP contribution in [0.15, 0.2) is 42.5 Å². The zero-order valence-corrected chi connectivity index (χ0v) is 18.1. The number of benzene rings is 2. The highest BCUT2D eigenvalue weighted by molar-refractivity contribution is 6.33. The molecule has 1 aliphatic rings. The first-order valence-corrected chi connectivity index (χ1v) is 10.8. The molecule has 0 spiro atoms. The highest BCUT2D eigenvalue weighted by atomic mass is 35.5. The van der Waals surface area contributed by atoms with Crippen molar-refractivity contribution in [3.8, 4) is 11.1 Å². The Kier molecular flexibility index (Phi) is 7.33. The van der Waals surface area contributed by atoms with Gasteiger partial charge in [0.25, 0.3) is 0 Å². The fourth-order valence-electron chi connectivity index (χ4n) is 4.42. The van der Waals surface area contributed by atoms with Gasteiger partial charge in [-0.15, -0.1) is 0 Å². The Morgan fingerprint density at radius 3 is 2.79 bits per heavy atom. The molecule has 0 radical (unpaired) electrons. The SMILES string of the molecule is CC(=O)NCCCC(O)(c1cccc(Cl)c1-c1cccc(C)c1)C1CCCNC1. The van der Waals surface area contributed by atoms with Gasteiger partial charge in [-0.2, -0.15) is 0 Å². The smallest absolute Gasteiger partial charge is 0.216 e. The summed E-state index contributed by atoms with van der Waals surface area (Å²) in [7, 11) is 0. The zero-order valence-electron chi connectivity index (χ0n) is 17.3. The van der Waals surface area contributed by atoms with Gasteiger partial charge in [-0.1, -0.05) is 53.6 Å². The van der Waals surface area contributed by atoms with Crippen molar-refractivity contribution >= 4 is 17.5 Å². The van der Waals surface area contributed by atoms with Gasteiger partial charge < -0.3 is 15.7 Å². The van der Waals surface area contributed by atoms with Crippen LogP contribution in [0.1, 0.15) is 43.7 Å². The Bertz CT molecular complexity index is 849. The van der Waals surface area contributed by atoms with Crippen LogP contribution in [0.3, 0.4) is 0 Å². The number of piperidine rings is 1. The quantitative estimate of drug-likeness (QED) is 0.588. The Balaban J connectivity index is 2.03. The van der Waals surface area contributed by atoms with Crippen molar-refractivity contribution in [2.45, 2.75) is 45.1 Å². The fourth-order valence-corrected chi connectivity index (χ4v) is 4.70. The van der Waals surface area contributed by atoms with Crippen LogP contribution < -0.4 is 10.6 Å². The predicted octanol–water partition coefficient (Wildman–Crippen LogP) is 4.42. The second-order valence-electron chi connectivity index (χ2n) is 8.09. The lowest BCUT2D eigenvalue weighted by atomic mass is 9.72. The Morgan fingerprint density at radius 2 is 2.10 bits per heavy atom. The zero-order chi connectivity index (χ0) is 20.9. The van der Waals surface area contributed by atoms with E-state index in [9.17, 15) is 9.90 Å². The summed E-state index contributed by atoms with van der Waals surface area (Å²) < 4.78 is 0. The summed E-state index contributed by atoms with van der Waals surface area (Å²) in [6.07, 6.45) is 3.27. The average molecular weight is 415 g/mol. The minimum absolute atomic E-state index is 0.0453. The summed E-state index contributed by atoms with van der Waals surface area (Å²) in [6, 6.07) is 14.1. The van der Waals surface area contributed by atoms with E-state index in [4.69, 9.17) is 11.6 Å². The third-order valence-corrected chi connectivity index (χ3v) is 6.18. The van der Waals surface area contributed by atoms with Gasteiger partial charge in [0.05, 0.1) is 5.60 Å². The molecule has 5 heteroatoms. The minimum atomic E-state index is -1.02. The molecule has 2 aromatic carbocycles. The van der Waals surface area contributed by atoms with Crippen LogP contribution >= 0.6 is 11.6 Å². The van der Waals surface area contributed by atoms with Crippen molar-refractivity contribution in [2.24, 2.45) is 5.92 Å². The summed E-state index contributed by atoms with van der Waals surface area (Å²) in [6.45, 7) is 5.89. The molecule has 1 heterocycles. The normalized spacial score (nSPS) is 18.8. The van der Waals surface area contributed by atoms with Gasteiger partial charge in [0.1, 0.15) is 0 Å². The molecule has 0 aromatic heterocycles. The van der Waals surface area contributed by atoms with Gasteiger partial charge in [0, 0.05) is 36.5 Å². The number of hydrogen-bond donors (Lipinski definition) is 3. The molecule has 29 heavy (non-hydrogen) atoms. The van der Waals surface area contributed by atoms with E-state index in [2.05, 4.69) is 35.8 Å². The van der Waals surface area contributed by atoms with E-state index in [0.717, 1.165) is 48.2 Å². The molecule has 0 bridgehead atoms. The number of aliphatic hydroxyl groups is 1. The first-order valence-electron chi connectivity index (χ1n) is 10.5. The molecule has 1 amide bonds. The van der Waals surface area contributed by atoms with Gasteiger partial charge in [0.2, 0.25) is 5.91 Å². The lowest BCUT2D eigenvalue weighted by Gasteiger charge is -2.40. The van der Waals surface area contributed by atoms with Crippen LogP contribution in [0.2, 0.25) is 5.02 Å². The molecule has 2 atom stereocenters. The lowest BCUT2D eigenvalue weighted by molar-refractivity contribution is -0.119. The van der Waals surface area contributed by atoms with Gasteiger partial charge in [-0.05, 0) is 56.3 Å². The number of aryl methyl sites for hydroxylation is 1.